The van der Waals surface area contributed by atoms with Crippen molar-refractivity contribution in [3.8, 4) is 0 Å². The van der Waals surface area contributed by atoms with Crippen LogP contribution in [0, 0.1) is 22.7 Å². The van der Waals surface area contributed by atoms with Crippen LogP contribution >= 0.6 is 0 Å². The Balaban J connectivity index is 0.000000220. The summed E-state index contributed by atoms with van der Waals surface area (Å²) < 4.78 is 0. The number of ketones is 2. The van der Waals surface area contributed by atoms with Crippen molar-refractivity contribution >= 4 is 11.6 Å². The number of rotatable bonds is 0. The molecule has 22 heavy (non-hydrogen) atoms. The second kappa shape index (κ2) is 6.52. The quantitative estimate of drug-likeness (QED) is 0.621. The van der Waals surface area contributed by atoms with Gasteiger partial charge in [0.1, 0.15) is 5.78 Å². The topological polar surface area (TPSA) is 34.1 Å². The minimum Gasteiger partial charge on any atom is -0.300 e. The Hall–Kier alpha value is -1.18. The number of carbonyl (C=O) groups is 2. The molecule has 0 aliphatic heterocycles. The van der Waals surface area contributed by atoms with Gasteiger partial charge in [-0.1, -0.05) is 48.1 Å². The number of Topliss-reactive ketones (excluding diaryl/α,β-unsaturated/α-hetero) is 1. The second-order valence-corrected chi connectivity index (χ2v) is 8.51. The third kappa shape index (κ3) is 4.41. The van der Waals surface area contributed by atoms with E-state index in [1.54, 1.807) is 6.08 Å². The van der Waals surface area contributed by atoms with Crippen molar-refractivity contribution in [2.45, 2.75) is 67.7 Å². The van der Waals surface area contributed by atoms with E-state index in [1.807, 2.05) is 6.92 Å². The minimum absolute atomic E-state index is 0.0318. The lowest BCUT2D eigenvalue weighted by Crippen LogP contribution is -2.35. The van der Waals surface area contributed by atoms with Crippen LogP contribution < -0.4 is 0 Å². The molecule has 2 aliphatic rings. The van der Waals surface area contributed by atoms with Crippen LogP contribution in [0.3, 0.4) is 0 Å². The highest BCUT2D eigenvalue weighted by atomic mass is 16.1. The molecule has 0 saturated heterocycles. The maximum absolute atomic E-state index is 11.2. The molecule has 2 atom stereocenters. The molecule has 0 spiro atoms. The van der Waals surface area contributed by atoms with E-state index in [0.717, 1.165) is 24.0 Å². The standard InChI is InChI=1S/C10H18O.C10H14O/c2*1-7-5-9(11)6-10(3,4)8(7)2/h7-8H,5-6H2,1-4H3;5H,2,6H2,1,3-4H3/t7-,8-;/m1./s1. The molecule has 124 valence electrons. The SMILES string of the molecule is C=C1C(C)=CC(=O)CC1(C)C.C[C@@H]1CC(=O)CC(C)(C)[C@@H]1C. The Morgan fingerprint density at radius 1 is 1.09 bits per heavy atom. The minimum atomic E-state index is -0.0318. The molecule has 2 nitrogen and oxygen atoms in total. The number of hydrogen-bond acceptors (Lipinski definition) is 2. The van der Waals surface area contributed by atoms with Gasteiger partial charge in [-0.3, -0.25) is 9.59 Å². The van der Waals surface area contributed by atoms with Crippen LogP contribution in [0.4, 0.5) is 0 Å². The van der Waals surface area contributed by atoms with Crippen molar-refractivity contribution in [1.82, 2.24) is 0 Å². The van der Waals surface area contributed by atoms with Crippen LogP contribution in [0.5, 0.6) is 0 Å². The molecule has 2 heteroatoms. The summed E-state index contributed by atoms with van der Waals surface area (Å²) in [5.41, 5.74) is 2.33. The zero-order chi connectivity index (χ0) is 17.3. The summed E-state index contributed by atoms with van der Waals surface area (Å²) in [6.07, 6.45) is 3.86. The molecule has 0 N–H and O–H groups in total. The number of allylic oxidation sites excluding steroid dienone is 3. The summed E-state index contributed by atoms with van der Waals surface area (Å²) in [6.45, 7) is 18.9. The van der Waals surface area contributed by atoms with Gasteiger partial charge in [0.15, 0.2) is 5.78 Å². The Bertz CT molecular complexity index is 506. The zero-order valence-corrected chi connectivity index (χ0v) is 15.4. The fourth-order valence-corrected chi connectivity index (χ4v) is 3.50. The van der Waals surface area contributed by atoms with Crippen LogP contribution in [0.1, 0.15) is 67.7 Å². The van der Waals surface area contributed by atoms with E-state index >= 15 is 0 Å². The lowest BCUT2D eigenvalue weighted by molar-refractivity contribution is -0.127. The van der Waals surface area contributed by atoms with Gasteiger partial charge in [0.2, 0.25) is 0 Å². The lowest BCUT2D eigenvalue weighted by atomic mass is 9.65. The van der Waals surface area contributed by atoms with Crippen molar-refractivity contribution in [3.63, 3.8) is 0 Å². The third-order valence-corrected chi connectivity index (χ3v) is 5.58. The van der Waals surface area contributed by atoms with Gasteiger partial charge in [0.25, 0.3) is 0 Å². The first kappa shape index (κ1) is 18.9. The molecule has 0 aromatic heterocycles. The van der Waals surface area contributed by atoms with Crippen LogP contribution in [-0.4, -0.2) is 11.6 Å². The van der Waals surface area contributed by atoms with E-state index in [4.69, 9.17) is 0 Å². The van der Waals surface area contributed by atoms with E-state index in [9.17, 15) is 9.59 Å². The van der Waals surface area contributed by atoms with Gasteiger partial charge in [0, 0.05) is 19.3 Å². The Morgan fingerprint density at radius 2 is 1.64 bits per heavy atom. The summed E-state index contributed by atoms with van der Waals surface area (Å²) in [6, 6.07) is 0. The Labute approximate surface area is 136 Å². The third-order valence-electron chi connectivity index (χ3n) is 5.58. The van der Waals surface area contributed by atoms with E-state index in [2.05, 4.69) is 48.1 Å². The van der Waals surface area contributed by atoms with Gasteiger partial charge >= 0.3 is 0 Å². The molecular formula is C20H32O2. The molecular weight excluding hydrogens is 272 g/mol. The highest BCUT2D eigenvalue weighted by molar-refractivity contribution is 5.93. The Morgan fingerprint density at radius 3 is 2.09 bits per heavy atom. The summed E-state index contributed by atoms with van der Waals surface area (Å²) in [7, 11) is 0. The lowest BCUT2D eigenvalue weighted by Gasteiger charge is -2.39. The molecule has 1 fully saturated rings. The molecule has 0 amide bonds. The molecule has 2 rings (SSSR count). The van der Waals surface area contributed by atoms with Gasteiger partial charge in [-0.2, -0.15) is 0 Å². The Kier molecular flexibility index (Phi) is 5.59. The summed E-state index contributed by atoms with van der Waals surface area (Å²) in [5.74, 6) is 1.92. The summed E-state index contributed by atoms with van der Waals surface area (Å²) >= 11 is 0. The monoisotopic (exact) mass is 304 g/mol. The maximum Gasteiger partial charge on any atom is 0.156 e. The molecule has 2 aliphatic carbocycles. The molecule has 0 aromatic carbocycles. The van der Waals surface area contributed by atoms with Crippen molar-refractivity contribution < 1.29 is 9.59 Å². The van der Waals surface area contributed by atoms with Gasteiger partial charge in [-0.25, -0.2) is 0 Å². The first-order valence-corrected chi connectivity index (χ1v) is 8.29. The average Bonchev–Trinajstić information content (AvgIpc) is 2.32. The van der Waals surface area contributed by atoms with Gasteiger partial charge in [-0.15, -0.1) is 0 Å². The summed E-state index contributed by atoms with van der Waals surface area (Å²) in [5, 5.41) is 0. The van der Waals surface area contributed by atoms with Crippen molar-refractivity contribution in [1.29, 1.82) is 0 Å². The largest absolute Gasteiger partial charge is 0.300 e. The molecule has 0 bridgehead atoms. The second-order valence-electron chi connectivity index (χ2n) is 8.51. The fraction of sp³-hybridized carbons (Fsp3) is 0.700. The molecule has 0 aromatic rings. The van der Waals surface area contributed by atoms with Crippen molar-refractivity contribution in [2.24, 2.45) is 22.7 Å². The number of carbonyl (C=O) groups excluding carboxylic acids is 2. The molecule has 1 saturated carbocycles. The van der Waals surface area contributed by atoms with E-state index < -0.39 is 0 Å². The van der Waals surface area contributed by atoms with Crippen LogP contribution in [-0.2, 0) is 9.59 Å². The molecule has 0 unspecified atom stereocenters. The fourth-order valence-electron chi connectivity index (χ4n) is 3.50. The molecule has 0 radical (unpaired) electrons. The first-order valence-electron chi connectivity index (χ1n) is 8.29. The predicted octanol–water partition coefficient (Wildman–Crippen LogP) is 5.14. The van der Waals surface area contributed by atoms with Crippen LogP contribution in [0.15, 0.2) is 23.8 Å². The van der Waals surface area contributed by atoms with E-state index in [0.29, 0.717) is 24.0 Å². The zero-order valence-electron chi connectivity index (χ0n) is 15.4. The van der Waals surface area contributed by atoms with Crippen LogP contribution in [0.25, 0.3) is 0 Å². The van der Waals surface area contributed by atoms with Gasteiger partial charge in [0.05, 0.1) is 0 Å². The molecule has 0 heterocycles. The smallest absolute Gasteiger partial charge is 0.156 e. The van der Waals surface area contributed by atoms with Gasteiger partial charge < -0.3 is 0 Å². The van der Waals surface area contributed by atoms with Gasteiger partial charge in [-0.05, 0) is 46.8 Å². The first-order chi connectivity index (χ1) is 9.86. The highest BCUT2D eigenvalue weighted by Gasteiger charge is 2.37. The van der Waals surface area contributed by atoms with Crippen LogP contribution in [0.2, 0.25) is 0 Å². The predicted molar refractivity (Wildman–Crippen MR) is 92.7 cm³/mol. The summed E-state index contributed by atoms with van der Waals surface area (Å²) in [4.78, 5) is 22.4. The van der Waals surface area contributed by atoms with Crippen molar-refractivity contribution in [3.05, 3.63) is 23.8 Å². The highest BCUT2D eigenvalue weighted by Crippen LogP contribution is 2.41. The average molecular weight is 304 g/mol. The maximum atomic E-state index is 11.2. The normalized spacial score (nSPS) is 30.3. The van der Waals surface area contributed by atoms with E-state index in [1.165, 1.54) is 0 Å². The van der Waals surface area contributed by atoms with E-state index in [-0.39, 0.29) is 16.6 Å². The van der Waals surface area contributed by atoms with Crippen molar-refractivity contribution in [2.75, 3.05) is 0 Å². The number of hydrogen-bond donors (Lipinski definition) is 0.